The van der Waals surface area contributed by atoms with Crippen LogP contribution in [0, 0.1) is 11.3 Å². The van der Waals surface area contributed by atoms with E-state index in [1.54, 1.807) is 61.7 Å². The third-order valence-corrected chi connectivity index (χ3v) is 3.28. The molecule has 0 aromatic heterocycles. The number of hydrogen-bond acceptors (Lipinski definition) is 4. The zero-order valence-corrected chi connectivity index (χ0v) is 13.2. The minimum absolute atomic E-state index is 0.177. The molecule has 24 heavy (non-hydrogen) atoms. The van der Waals surface area contributed by atoms with Gasteiger partial charge in [0.25, 0.3) is 5.91 Å². The van der Waals surface area contributed by atoms with Gasteiger partial charge >= 0.3 is 0 Å². The zero-order valence-electron chi connectivity index (χ0n) is 13.2. The van der Waals surface area contributed by atoms with Crippen LogP contribution in [0.1, 0.15) is 22.3 Å². The molecular formula is C18H17N3O3. The number of carbonyl (C=O) groups excluding carboxylic acids is 2. The van der Waals surface area contributed by atoms with E-state index in [4.69, 9.17) is 10.00 Å². The summed E-state index contributed by atoms with van der Waals surface area (Å²) < 4.78 is 5.05. The van der Waals surface area contributed by atoms with E-state index >= 15 is 0 Å². The van der Waals surface area contributed by atoms with Crippen molar-refractivity contribution >= 4 is 17.5 Å². The molecule has 0 fully saturated rings. The van der Waals surface area contributed by atoms with Gasteiger partial charge in [0.1, 0.15) is 12.2 Å². The van der Waals surface area contributed by atoms with Crippen LogP contribution in [0.25, 0.3) is 0 Å². The third kappa shape index (κ3) is 4.85. The average molecular weight is 323 g/mol. The van der Waals surface area contributed by atoms with Gasteiger partial charge in [-0.25, -0.2) is 0 Å². The van der Waals surface area contributed by atoms with E-state index in [2.05, 4.69) is 10.6 Å². The molecule has 0 aliphatic heterocycles. The smallest absolute Gasteiger partial charge is 0.251 e. The molecule has 0 heterocycles. The summed E-state index contributed by atoms with van der Waals surface area (Å²) in [4.78, 5) is 23.4. The Bertz CT molecular complexity index is 747. The molecule has 122 valence electrons. The lowest BCUT2D eigenvalue weighted by atomic mass is 10.1. The first-order valence-corrected chi connectivity index (χ1v) is 7.30. The van der Waals surface area contributed by atoms with Gasteiger partial charge in [0.05, 0.1) is 13.2 Å². The van der Waals surface area contributed by atoms with Crippen LogP contribution in [0.5, 0.6) is 5.75 Å². The Morgan fingerprint density at radius 1 is 1.08 bits per heavy atom. The van der Waals surface area contributed by atoms with Crippen molar-refractivity contribution in [1.82, 2.24) is 5.32 Å². The number of nitrogens with zero attached hydrogens (tertiary/aromatic N) is 1. The van der Waals surface area contributed by atoms with Gasteiger partial charge in [-0.05, 0) is 42.0 Å². The Balaban J connectivity index is 1.88. The van der Waals surface area contributed by atoms with Gasteiger partial charge in [0, 0.05) is 17.8 Å². The van der Waals surface area contributed by atoms with Gasteiger partial charge in [0.15, 0.2) is 0 Å². The second-order valence-electron chi connectivity index (χ2n) is 4.99. The number of benzene rings is 2. The lowest BCUT2D eigenvalue weighted by molar-refractivity contribution is -0.115. The Morgan fingerprint density at radius 3 is 2.33 bits per heavy atom. The van der Waals surface area contributed by atoms with Gasteiger partial charge in [-0.1, -0.05) is 12.1 Å². The Morgan fingerprint density at radius 2 is 1.75 bits per heavy atom. The minimum atomic E-state index is -0.349. The summed E-state index contributed by atoms with van der Waals surface area (Å²) in [5.74, 6) is 0.169. The van der Waals surface area contributed by atoms with Gasteiger partial charge in [0.2, 0.25) is 5.91 Å². The highest BCUT2D eigenvalue weighted by atomic mass is 16.5. The normalized spacial score (nSPS) is 9.67. The third-order valence-electron chi connectivity index (χ3n) is 3.28. The van der Waals surface area contributed by atoms with Crippen LogP contribution >= 0.6 is 0 Å². The van der Waals surface area contributed by atoms with Crippen molar-refractivity contribution in [3.63, 3.8) is 0 Å². The topological polar surface area (TPSA) is 91.2 Å². The molecule has 0 aliphatic carbocycles. The van der Waals surface area contributed by atoms with Crippen LogP contribution in [-0.4, -0.2) is 18.9 Å². The van der Waals surface area contributed by atoms with Crippen molar-refractivity contribution in [3.05, 3.63) is 59.7 Å². The number of amides is 2. The number of methoxy groups -OCH3 is 1. The van der Waals surface area contributed by atoms with Gasteiger partial charge in [-0.2, -0.15) is 5.26 Å². The first kappa shape index (κ1) is 17.0. The van der Waals surface area contributed by atoms with Crippen LogP contribution < -0.4 is 15.4 Å². The standard InChI is InChI=1S/C18H17N3O3/c1-24-16-8-4-14(5-9-16)18(23)20-12-13-2-6-15(7-3-13)21-17(22)10-11-19/h2-9H,10,12H2,1H3,(H,20,23)(H,21,22). The Labute approximate surface area is 140 Å². The summed E-state index contributed by atoms with van der Waals surface area (Å²) in [5.41, 5.74) is 2.06. The minimum Gasteiger partial charge on any atom is -0.497 e. The molecule has 0 saturated heterocycles. The molecule has 0 atom stereocenters. The highest BCUT2D eigenvalue weighted by molar-refractivity contribution is 5.94. The maximum atomic E-state index is 12.1. The van der Waals surface area contributed by atoms with E-state index in [0.29, 0.717) is 23.5 Å². The van der Waals surface area contributed by atoms with E-state index < -0.39 is 0 Å². The van der Waals surface area contributed by atoms with Crippen LogP contribution in [0.3, 0.4) is 0 Å². The van der Waals surface area contributed by atoms with E-state index in [1.165, 1.54) is 0 Å². The summed E-state index contributed by atoms with van der Waals surface area (Å²) in [6, 6.07) is 15.7. The van der Waals surface area contributed by atoms with Crippen molar-refractivity contribution in [2.24, 2.45) is 0 Å². The molecule has 6 heteroatoms. The van der Waals surface area contributed by atoms with Crippen molar-refractivity contribution < 1.29 is 14.3 Å². The summed E-state index contributed by atoms with van der Waals surface area (Å²) in [6.07, 6.45) is -0.181. The lowest BCUT2D eigenvalue weighted by Crippen LogP contribution is -2.22. The lowest BCUT2D eigenvalue weighted by Gasteiger charge is -2.08. The SMILES string of the molecule is COc1ccc(C(=O)NCc2ccc(NC(=O)CC#N)cc2)cc1. The molecule has 6 nitrogen and oxygen atoms in total. The summed E-state index contributed by atoms with van der Waals surface area (Å²) >= 11 is 0. The van der Waals surface area contributed by atoms with Crippen LogP contribution in [0.4, 0.5) is 5.69 Å². The second-order valence-corrected chi connectivity index (χ2v) is 4.99. The van der Waals surface area contributed by atoms with Crippen molar-refractivity contribution in [1.29, 1.82) is 5.26 Å². The monoisotopic (exact) mass is 323 g/mol. The second kappa shape index (κ2) is 8.34. The van der Waals surface area contributed by atoms with E-state index in [9.17, 15) is 9.59 Å². The van der Waals surface area contributed by atoms with E-state index in [1.807, 2.05) is 0 Å². The fourth-order valence-electron chi connectivity index (χ4n) is 2.01. The molecule has 0 spiro atoms. The molecule has 2 aromatic carbocycles. The zero-order chi connectivity index (χ0) is 17.4. The fraction of sp³-hybridized carbons (Fsp3) is 0.167. The van der Waals surface area contributed by atoms with Crippen molar-refractivity contribution in [2.45, 2.75) is 13.0 Å². The Kier molecular flexibility index (Phi) is 5.92. The molecule has 0 aliphatic rings. The molecule has 0 saturated carbocycles. The number of hydrogen-bond donors (Lipinski definition) is 2. The summed E-state index contributed by atoms with van der Waals surface area (Å²) in [5, 5.41) is 13.9. The molecule has 2 amide bonds. The highest BCUT2D eigenvalue weighted by Gasteiger charge is 2.06. The first-order chi connectivity index (χ1) is 11.6. The predicted octanol–water partition coefficient (Wildman–Crippen LogP) is 2.48. The molecule has 2 N–H and O–H groups in total. The van der Waals surface area contributed by atoms with Crippen LogP contribution in [0.15, 0.2) is 48.5 Å². The number of carbonyl (C=O) groups is 2. The number of nitrogens with one attached hydrogen (secondary N) is 2. The van der Waals surface area contributed by atoms with Crippen molar-refractivity contribution in [2.75, 3.05) is 12.4 Å². The molecule has 0 bridgehead atoms. The Hall–Kier alpha value is -3.33. The van der Waals surface area contributed by atoms with E-state index in [-0.39, 0.29) is 18.2 Å². The molecule has 0 unspecified atom stereocenters. The molecule has 2 aromatic rings. The fourth-order valence-corrected chi connectivity index (χ4v) is 2.01. The van der Waals surface area contributed by atoms with Crippen molar-refractivity contribution in [3.8, 4) is 11.8 Å². The number of ether oxygens (including phenoxy) is 1. The first-order valence-electron chi connectivity index (χ1n) is 7.30. The molecular weight excluding hydrogens is 306 g/mol. The summed E-state index contributed by atoms with van der Waals surface area (Å²) in [6.45, 7) is 0.372. The maximum Gasteiger partial charge on any atom is 0.251 e. The van der Waals surface area contributed by atoms with Crippen LogP contribution in [-0.2, 0) is 11.3 Å². The van der Waals surface area contributed by atoms with Crippen LogP contribution in [0.2, 0.25) is 0 Å². The molecule has 0 radical (unpaired) electrons. The maximum absolute atomic E-state index is 12.1. The number of rotatable bonds is 6. The van der Waals surface area contributed by atoms with Gasteiger partial charge in [-0.15, -0.1) is 0 Å². The molecule has 2 rings (SSSR count). The van der Waals surface area contributed by atoms with Gasteiger partial charge < -0.3 is 15.4 Å². The van der Waals surface area contributed by atoms with Gasteiger partial charge in [-0.3, -0.25) is 9.59 Å². The number of anilines is 1. The number of nitriles is 1. The predicted molar refractivity (Wildman–Crippen MR) is 89.5 cm³/mol. The quantitative estimate of drug-likeness (QED) is 0.854. The highest BCUT2D eigenvalue weighted by Crippen LogP contribution is 2.12. The van der Waals surface area contributed by atoms with E-state index in [0.717, 1.165) is 5.56 Å². The average Bonchev–Trinajstić information content (AvgIpc) is 2.61. The largest absolute Gasteiger partial charge is 0.497 e. The summed E-state index contributed by atoms with van der Waals surface area (Å²) in [7, 11) is 1.57.